The van der Waals surface area contributed by atoms with E-state index in [4.69, 9.17) is 4.52 Å². The van der Waals surface area contributed by atoms with Crippen LogP contribution < -0.4 is 0 Å². The molecule has 0 radical (unpaired) electrons. The molecule has 0 unspecified atom stereocenters. The van der Waals surface area contributed by atoms with E-state index >= 15 is 0 Å². The summed E-state index contributed by atoms with van der Waals surface area (Å²) in [6, 6.07) is 14.0. The van der Waals surface area contributed by atoms with Gasteiger partial charge in [0, 0.05) is 5.56 Å². The minimum atomic E-state index is 0.472. The predicted molar refractivity (Wildman–Crippen MR) is 64.8 cm³/mol. The molecule has 0 fully saturated rings. The first kappa shape index (κ1) is 9.78. The Kier molecular flexibility index (Phi) is 2.22. The van der Waals surface area contributed by atoms with Crippen LogP contribution in [0.25, 0.3) is 22.0 Å². The summed E-state index contributed by atoms with van der Waals surface area (Å²) in [6.07, 6.45) is 2.11. The average molecular weight is 223 g/mol. The molecule has 0 spiro atoms. The van der Waals surface area contributed by atoms with Crippen molar-refractivity contribution >= 4 is 17.1 Å². The molecule has 0 N–H and O–H groups in total. The maximum absolute atomic E-state index is 10.8. The lowest BCUT2D eigenvalue weighted by Crippen LogP contribution is -1.84. The number of aldehydes is 1. The van der Waals surface area contributed by atoms with E-state index in [1.54, 1.807) is 0 Å². The Balaban J connectivity index is 2.21. The maximum atomic E-state index is 10.8. The fourth-order valence-corrected chi connectivity index (χ4v) is 1.88. The van der Waals surface area contributed by atoms with Crippen LogP contribution in [0.15, 0.2) is 53.3 Å². The number of rotatable bonds is 2. The van der Waals surface area contributed by atoms with Gasteiger partial charge in [0.25, 0.3) is 0 Å². The fraction of sp³-hybridized carbons (Fsp3) is 0. The third-order valence-corrected chi connectivity index (χ3v) is 2.75. The number of carbonyl (C=O) groups excluding carboxylic acids is 1. The number of benzene rings is 2. The standard InChI is InChI=1S/C14H9NO2/c16-8-13-9-17-15-14(13)12-6-5-10-3-1-2-4-11(10)7-12/h1-9H. The van der Waals surface area contributed by atoms with Gasteiger partial charge >= 0.3 is 0 Å². The number of nitrogens with zero attached hydrogens (tertiary/aromatic N) is 1. The first-order valence-corrected chi connectivity index (χ1v) is 5.27. The van der Waals surface area contributed by atoms with Gasteiger partial charge in [-0.25, -0.2) is 0 Å². The van der Waals surface area contributed by atoms with Crippen molar-refractivity contribution in [1.82, 2.24) is 5.16 Å². The van der Waals surface area contributed by atoms with Crippen molar-refractivity contribution in [3.05, 3.63) is 54.3 Å². The molecule has 0 atom stereocenters. The van der Waals surface area contributed by atoms with Crippen LogP contribution in [0.4, 0.5) is 0 Å². The quantitative estimate of drug-likeness (QED) is 0.626. The Hall–Kier alpha value is -2.42. The molecule has 0 aliphatic heterocycles. The number of hydrogen-bond donors (Lipinski definition) is 0. The molecule has 0 amide bonds. The topological polar surface area (TPSA) is 43.1 Å². The van der Waals surface area contributed by atoms with Crippen molar-refractivity contribution in [1.29, 1.82) is 0 Å². The molecular formula is C14H9NO2. The predicted octanol–water partition coefficient (Wildman–Crippen LogP) is 3.31. The van der Waals surface area contributed by atoms with Crippen LogP contribution in [0.5, 0.6) is 0 Å². The summed E-state index contributed by atoms with van der Waals surface area (Å²) < 4.78 is 4.82. The maximum Gasteiger partial charge on any atom is 0.155 e. The van der Waals surface area contributed by atoms with E-state index in [0.717, 1.165) is 22.6 Å². The van der Waals surface area contributed by atoms with Gasteiger partial charge in [0.15, 0.2) is 6.29 Å². The zero-order valence-corrected chi connectivity index (χ0v) is 8.96. The van der Waals surface area contributed by atoms with E-state index in [0.29, 0.717) is 11.3 Å². The Morgan fingerprint density at radius 1 is 1.06 bits per heavy atom. The van der Waals surface area contributed by atoms with E-state index in [1.165, 1.54) is 6.26 Å². The van der Waals surface area contributed by atoms with E-state index < -0.39 is 0 Å². The molecule has 0 saturated heterocycles. The van der Waals surface area contributed by atoms with E-state index in [2.05, 4.69) is 5.16 Å². The molecule has 3 heteroatoms. The highest BCUT2D eigenvalue weighted by atomic mass is 16.5. The third kappa shape index (κ3) is 1.61. The summed E-state index contributed by atoms with van der Waals surface area (Å²) in [5.74, 6) is 0. The van der Waals surface area contributed by atoms with Gasteiger partial charge in [0.1, 0.15) is 12.0 Å². The molecule has 3 nitrogen and oxygen atoms in total. The number of carbonyl (C=O) groups is 1. The number of hydrogen-bond acceptors (Lipinski definition) is 3. The second-order valence-corrected chi connectivity index (χ2v) is 3.80. The first-order chi connectivity index (χ1) is 8.38. The second-order valence-electron chi connectivity index (χ2n) is 3.80. The van der Waals surface area contributed by atoms with Gasteiger partial charge in [0.05, 0.1) is 5.56 Å². The highest BCUT2D eigenvalue weighted by Crippen LogP contribution is 2.25. The molecule has 2 aromatic carbocycles. The summed E-state index contributed by atoms with van der Waals surface area (Å²) in [7, 11) is 0. The third-order valence-electron chi connectivity index (χ3n) is 2.75. The van der Waals surface area contributed by atoms with Crippen LogP contribution in [-0.2, 0) is 0 Å². The normalized spacial score (nSPS) is 10.6. The molecule has 0 saturated carbocycles. The SMILES string of the molecule is O=Cc1conc1-c1ccc2ccccc2c1. The van der Waals surface area contributed by atoms with Crippen LogP contribution in [0.2, 0.25) is 0 Å². The van der Waals surface area contributed by atoms with Gasteiger partial charge in [-0.1, -0.05) is 41.6 Å². The summed E-state index contributed by atoms with van der Waals surface area (Å²) >= 11 is 0. The molecular weight excluding hydrogens is 214 g/mol. The van der Waals surface area contributed by atoms with Crippen molar-refractivity contribution in [2.75, 3.05) is 0 Å². The number of fused-ring (bicyclic) bond motifs is 1. The summed E-state index contributed by atoms with van der Waals surface area (Å²) in [5.41, 5.74) is 1.95. The van der Waals surface area contributed by atoms with Crippen LogP contribution in [0.3, 0.4) is 0 Å². The van der Waals surface area contributed by atoms with Crippen molar-refractivity contribution in [3.63, 3.8) is 0 Å². The van der Waals surface area contributed by atoms with Crippen LogP contribution in [0, 0.1) is 0 Å². The second kappa shape index (κ2) is 3.87. The molecule has 3 aromatic rings. The minimum Gasteiger partial charge on any atom is -0.363 e. The van der Waals surface area contributed by atoms with E-state index in [1.807, 2.05) is 42.5 Å². The van der Waals surface area contributed by atoms with Gasteiger partial charge in [-0.15, -0.1) is 0 Å². The highest BCUT2D eigenvalue weighted by molar-refractivity contribution is 5.90. The zero-order chi connectivity index (χ0) is 11.7. The summed E-state index contributed by atoms with van der Waals surface area (Å²) in [6.45, 7) is 0. The number of aromatic nitrogens is 1. The lowest BCUT2D eigenvalue weighted by molar-refractivity contribution is 0.112. The van der Waals surface area contributed by atoms with Gasteiger partial charge in [-0.2, -0.15) is 0 Å². The Labute approximate surface area is 97.7 Å². The van der Waals surface area contributed by atoms with Gasteiger partial charge < -0.3 is 4.52 Å². The summed E-state index contributed by atoms with van der Waals surface area (Å²) in [5, 5.41) is 6.13. The Morgan fingerprint density at radius 3 is 2.71 bits per heavy atom. The smallest absolute Gasteiger partial charge is 0.155 e. The minimum absolute atomic E-state index is 0.472. The first-order valence-electron chi connectivity index (χ1n) is 5.27. The average Bonchev–Trinajstić information content (AvgIpc) is 2.86. The zero-order valence-electron chi connectivity index (χ0n) is 8.96. The van der Waals surface area contributed by atoms with Gasteiger partial charge in [-0.05, 0) is 16.8 Å². The fourth-order valence-electron chi connectivity index (χ4n) is 1.88. The molecule has 0 aliphatic carbocycles. The monoisotopic (exact) mass is 223 g/mol. The van der Waals surface area contributed by atoms with Crippen LogP contribution in [-0.4, -0.2) is 11.4 Å². The van der Waals surface area contributed by atoms with Crippen molar-refractivity contribution < 1.29 is 9.32 Å². The van der Waals surface area contributed by atoms with Crippen LogP contribution in [0.1, 0.15) is 10.4 Å². The lowest BCUT2D eigenvalue weighted by Gasteiger charge is -2.00. The Morgan fingerprint density at radius 2 is 1.88 bits per heavy atom. The molecule has 1 heterocycles. The van der Waals surface area contributed by atoms with E-state index in [-0.39, 0.29) is 0 Å². The molecule has 3 rings (SSSR count). The van der Waals surface area contributed by atoms with Crippen molar-refractivity contribution in [3.8, 4) is 11.3 Å². The van der Waals surface area contributed by atoms with Crippen LogP contribution >= 0.6 is 0 Å². The molecule has 0 aliphatic rings. The lowest BCUT2D eigenvalue weighted by atomic mass is 10.0. The highest BCUT2D eigenvalue weighted by Gasteiger charge is 2.09. The molecule has 17 heavy (non-hydrogen) atoms. The van der Waals surface area contributed by atoms with Gasteiger partial charge in [-0.3, -0.25) is 4.79 Å². The van der Waals surface area contributed by atoms with Crippen molar-refractivity contribution in [2.45, 2.75) is 0 Å². The molecule has 1 aromatic heterocycles. The van der Waals surface area contributed by atoms with Gasteiger partial charge in [0.2, 0.25) is 0 Å². The van der Waals surface area contributed by atoms with E-state index in [9.17, 15) is 4.79 Å². The van der Waals surface area contributed by atoms with Crippen molar-refractivity contribution in [2.24, 2.45) is 0 Å². The molecule has 0 bridgehead atoms. The molecule has 82 valence electrons. The largest absolute Gasteiger partial charge is 0.363 e. The Bertz CT molecular complexity index is 685. The summed E-state index contributed by atoms with van der Waals surface area (Å²) in [4.78, 5) is 10.8.